The van der Waals surface area contributed by atoms with Gasteiger partial charge < -0.3 is 9.73 Å². The van der Waals surface area contributed by atoms with Crippen molar-refractivity contribution in [3.8, 4) is 0 Å². The Morgan fingerprint density at radius 1 is 1.43 bits per heavy atom. The van der Waals surface area contributed by atoms with Crippen LogP contribution in [0.2, 0.25) is 0 Å². The van der Waals surface area contributed by atoms with Crippen molar-refractivity contribution < 1.29 is 9.34 Å². The van der Waals surface area contributed by atoms with Crippen molar-refractivity contribution in [2.45, 2.75) is 19.9 Å². The summed E-state index contributed by atoms with van der Waals surface area (Å²) < 4.78 is 7.25. The standard InChI is InChI=1S/C13H13N5O3/c1-8(2)17-7-9(6-14-17)15-13-16-12-10(18(19)20)4-3-5-11(12)21-13/h3-8H,1-2H3,(H,15,16). The van der Waals surface area contributed by atoms with Crippen molar-refractivity contribution in [1.29, 1.82) is 0 Å². The molecule has 0 spiro atoms. The Kier molecular flexibility index (Phi) is 3.05. The number of fused-ring (bicyclic) bond motifs is 1. The largest absolute Gasteiger partial charge is 0.423 e. The van der Waals surface area contributed by atoms with Gasteiger partial charge >= 0.3 is 6.01 Å². The number of aromatic nitrogens is 3. The van der Waals surface area contributed by atoms with Crippen LogP contribution in [0.25, 0.3) is 11.1 Å². The molecular weight excluding hydrogens is 274 g/mol. The molecule has 0 unspecified atom stereocenters. The zero-order valence-corrected chi connectivity index (χ0v) is 11.5. The molecule has 2 heterocycles. The quantitative estimate of drug-likeness (QED) is 0.584. The third-order valence-corrected chi connectivity index (χ3v) is 2.98. The average Bonchev–Trinajstić information content (AvgIpc) is 3.04. The minimum Gasteiger partial charge on any atom is -0.423 e. The molecule has 21 heavy (non-hydrogen) atoms. The van der Waals surface area contributed by atoms with Gasteiger partial charge in [0, 0.05) is 18.3 Å². The van der Waals surface area contributed by atoms with Crippen LogP contribution < -0.4 is 5.32 Å². The van der Waals surface area contributed by atoms with Gasteiger partial charge in [-0.15, -0.1) is 0 Å². The lowest BCUT2D eigenvalue weighted by Crippen LogP contribution is -1.99. The van der Waals surface area contributed by atoms with Gasteiger partial charge in [0.15, 0.2) is 11.1 Å². The molecule has 0 radical (unpaired) electrons. The summed E-state index contributed by atoms with van der Waals surface area (Å²) in [7, 11) is 0. The van der Waals surface area contributed by atoms with Gasteiger partial charge in [-0.2, -0.15) is 10.1 Å². The highest BCUT2D eigenvalue weighted by Gasteiger charge is 2.17. The second-order valence-electron chi connectivity index (χ2n) is 4.83. The van der Waals surface area contributed by atoms with Gasteiger partial charge in [-0.3, -0.25) is 14.8 Å². The van der Waals surface area contributed by atoms with Crippen molar-refractivity contribution in [2.75, 3.05) is 5.32 Å². The van der Waals surface area contributed by atoms with E-state index in [1.165, 1.54) is 6.07 Å². The van der Waals surface area contributed by atoms with E-state index in [0.717, 1.165) is 0 Å². The zero-order valence-electron chi connectivity index (χ0n) is 11.5. The first-order chi connectivity index (χ1) is 10.0. The molecule has 8 heteroatoms. The summed E-state index contributed by atoms with van der Waals surface area (Å²) in [4.78, 5) is 14.6. The second kappa shape index (κ2) is 4.89. The Morgan fingerprint density at radius 2 is 2.24 bits per heavy atom. The highest BCUT2D eigenvalue weighted by molar-refractivity contribution is 5.84. The Balaban J connectivity index is 1.94. The number of non-ortho nitro benzene ring substituents is 1. The number of nitro groups is 1. The lowest BCUT2D eigenvalue weighted by Gasteiger charge is -2.02. The maximum Gasteiger partial charge on any atom is 0.300 e. The molecule has 8 nitrogen and oxygen atoms in total. The minimum absolute atomic E-state index is 0.0813. The first-order valence-electron chi connectivity index (χ1n) is 6.39. The van der Waals surface area contributed by atoms with Crippen LogP contribution in [0.3, 0.4) is 0 Å². The summed E-state index contributed by atoms with van der Waals surface area (Å²) in [5, 5.41) is 18.1. The fraction of sp³-hybridized carbons (Fsp3) is 0.231. The Morgan fingerprint density at radius 3 is 2.90 bits per heavy atom. The summed E-state index contributed by atoms with van der Waals surface area (Å²) in [6, 6.07) is 5.03. The molecule has 0 amide bonds. The molecule has 0 fully saturated rings. The van der Waals surface area contributed by atoms with Gasteiger partial charge in [0.1, 0.15) is 0 Å². The number of anilines is 2. The molecule has 108 valence electrons. The van der Waals surface area contributed by atoms with Gasteiger partial charge in [-0.1, -0.05) is 6.07 Å². The SMILES string of the molecule is CC(C)n1cc(Nc2nc3c([N+](=O)[O-])cccc3o2)cn1. The lowest BCUT2D eigenvalue weighted by atomic mass is 10.3. The van der Waals surface area contributed by atoms with Gasteiger partial charge in [0.2, 0.25) is 0 Å². The monoisotopic (exact) mass is 287 g/mol. The van der Waals surface area contributed by atoms with E-state index in [1.807, 2.05) is 20.0 Å². The van der Waals surface area contributed by atoms with E-state index in [0.29, 0.717) is 11.3 Å². The summed E-state index contributed by atoms with van der Waals surface area (Å²) >= 11 is 0. The summed E-state index contributed by atoms with van der Waals surface area (Å²) in [5.41, 5.74) is 1.21. The molecule has 0 aliphatic rings. The third kappa shape index (κ3) is 2.42. The van der Waals surface area contributed by atoms with Crippen LogP contribution >= 0.6 is 0 Å². The maximum absolute atomic E-state index is 11.0. The van der Waals surface area contributed by atoms with E-state index >= 15 is 0 Å². The Bertz CT molecular complexity index is 805. The lowest BCUT2D eigenvalue weighted by molar-refractivity contribution is -0.383. The van der Waals surface area contributed by atoms with Crippen LogP contribution in [0.1, 0.15) is 19.9 Å². The molecule has 3 aromatic rings. The van der Waals surface area contributed by atoms with Crippen LogP contribution in [0.5, 0.6) is 0 Å². The number of nitrogens with zero attached hydrogens (tertiary/aromatic N) is 4. The second-order valence-corrected chi connectivity index (χ2v) is 4.83. The molecule has 0 bridgehead atoms. The summed E-state index contributed by atoms with van der Waals surface area (Å²) in [6.45, 7) is 4.03. The highest BCUT2D eigenvalue weighted by Crippen LogP contribution is 2.28. The van der Waals surface area contributed by atoms with Crippen molar-refractivity contribution in [1.82, 2.24) is 14.8 Å². The van der Waals surface area contributed by atoms with Gasteiger partial charge in [0.25, 0.3) is 5.69 Å². The van der Waals surface area contributed by atoms with E-state index in [2.05, 4.69) is 15.4 Å². The molecule has 0 saturated heterocycles. The molecular formula is C13H13N5O3. The van der Waals surface area contributed by atoms with E-state index < -0.39 is 4.92 Å². The first-order valence-corrected chi connectivity index (χ1v) is 6.39. The zero-order chi connectivity index (χ0) is 15.0. The number of hydrogen-bond acceptors (Lipinski definition) is 6. The predicted octanol–water partition coefficient (Wildman–Crippen LogP) is 3.26. The predicted molar refractivity (Wildman–Crippen MR) is 76.6 cm³/mol. The van der Waals surface area contributed by atoms with Crippen molar-refractivity contribution >= 4 is 28.5 Å². The average molecular weight is 287 g/mol. The number of oxazole rings is 1. The number of nitro benzene ring substituents is 1. The highest BCUT2D eigenvalue weighted by atomic mass is 16.6. The molecule has 1 aromatic carbocycles. The molecule has 1 N–H and O–H groups in total. The van der Waals surface area contributed by atoms with E-state index in [-0.39, 0.29) is 23.3 Å². The molecule has 0 atom stereocenters. The number of hydrogen-bond donors (Lipinski definition) is 1. The van der Waals surface area contributed by atoms with Crippen LogP contribution in [-0.2, 0) is 0 Å². The molecule has 0 aliphatic carbocycles. The molecule has 2 aromatic heterocycles. The Labute approximate surface area is 119 Å². The van der Waals surface area contributed by atoms with Crippen molar-refractivity contribution in [2.24, 2.45) is 0 Å². The van der Waals surface area contributed by atoms with Crippen LogP contribution in [0.15, 0.2) is 35.0 Å². The van der Waals surface area contributed by atoms with E-state index in [9.17, 15) is 10.1 Å². The minimum atomic E-state index is -0.481. The van der Waals surface area contributed by atoms with Crippen LogP contribution in [0.4, 0.5) is 17.4 Å². The molecule has 0 aliphatic heterocycles. The van der Waals surface area contributed by atoms with E-state index in [1.54, 1.807) is 23.0 Å². The number of benzene rings is 1. The normalized spacial score (nSPS) is 11.2. The first kappa shape index (κ1) is 13.1. The van der Waals surface area contributed by atoms with Crippen molar-refractivity contribution in [3.05, 3.63) is 40.7 Å². The number of nitrogens with one attached hydrogen (secondary N) is 1. The topological polar surface area (TPSA) is 99.0 Å². The molecule has 3 rings (SSSR count). The molecule has 0 saturated carbocycles. The van der Waals surface area contributed by atoms with Gasteiger partial charge in [-0.05, 0) is 19.9 Å². The van der Waals surface area contributed by atoms with E-state index in [4.69, 9.17) is 4.42 Å². The summed E-state index contributed by atoms with van der Waals surface area (Å²) in [6.07, 6.45) is 3.46. The number of rotatable bonds is 4. The summed E-state index contributed by atoms with van der Waals surface area (Å²) in [5.74, 6) is 0. The van der Waals surface area contributed by atoms with Gasteiger partial charge in [0.05, 0.1) is 16.8 Å². The Hall–Kier alpha value is -2.90. The smallest absolute Gasteiger partial charge is 0.300 e. The van der Waals surface area contributed by atoms with Crippen LogP contribution in [-0.4, -0.2) is 19.7 Å². The number of para-hydroxylation sites is 1. The third-order valence-electron chi connectivity index (χ3n) is 2.98. The van der Waals surface area contributed by atoms with Crippen LogP contribution in [0, 0.1) is 10.1 Å². The van der Waals surface area contributed by atoms with Gasteiger partial charge in [-0.25, -0.2) is 0 Å². The van der Waals surface area contributed by atoms with Crippen molar-refractivity contribution in [3.63, 3.8) is 0 Å². The maximum atomic E-state index is 11.0. The fourth-order valence-corrected chi connectivity index (χ4v) is 1.94. The fourth-order valence-electron chi connectivity index (χ4n) is 1.94.